The van der Waals surface area contributed by atoms with Gasteiger partial charge in [-0.15, -0.1) is 23.2 Å². The van der Waals surface area contributed by atoms with Gasteiger partial charge in [0.25, 0.3) is 11.8 Å². The average Bonchev–Trinajstić information content (AvgIpc) is 3.30. The summed E-state index contributed by atoms with van der Waals surface area (Å²) >= 11 is 17.8. The van der Waals surface area contributed by atoms with E-state index in [1.54, 1.807) is 18.2 Å². The lowest BCUT2D eigenvalue weighted by atomic mass is 9.56. The van der Waals surface area contributed by atoms with Gasteiger partial charge in [-0.3, -0.25) is 33.8 Å². The maximum Gasteiger partial charge on any atom is 0.303 e. The van der Waals surface area contributed by atoms with Gasteiger partial charge in [0.05, 0.1) is 17.3 Å². The number of carbonyl (C=O) groups is 5. The van der Waals surface area contributed by atoms with Crippen LogP contribution in [-0.2, 0) is 24.0 Å². The fraction of sp³-hybridized carbons (Fsp3) is 0.452. The number of benzene rings is 2. The van der Waals surface area contributed by atoms with Crippen LogP contribution in [0, 0.1) is 17.8 Å². The van der Waals surface area contributed by atoms with Crippen molar-refractivity contribution < 1.29 is 34.2 Å². The molecule has 4 amide bonds. The number of aromatic hydroxyl groups is 1. The molecule has 2 aliphatic carbocycles. The quantitative estimate of drug-likeness (QED) is 0.132. The molecule has 12 heteroatoms. The molecule has 6 atom stereocenters. The number of allylic oxidation sites excluding steroid dienone is 2. The van der Waals surface area contributed by atoms with Crippen LogP contribution in [0.2, 0.25) is 0 Å². The van der Waals surface area contributed by atoms with E-state index in [4.69, 9.17) is 28.3 Å². The summed E-state index contributed by atoms with van der Waals surface area (Å²) in [4.78, 5) is 64.4. The molecular formula is C31H29BrCl2N2O7. The van der Waals surface area contributed by atoms with E-state index in [-0.39, 0.29) is 48.8 Å². The van der Waals surface area contributed by atoms with Gasteiger partial charge in [-0.25, -0.2) is 0 Å². The second kappa shape index (κ2) is 10.9. The molecule has 1 saturated carbocycles. The Labute approximate surface area is 265 Å². The number of hydrogen-bond donors (Lipinski definition) is 2. The van der Waals surface area contributed by atoms with Crippen LogP contribution in [0.1, 0.15) is 50.0 Å². The van der Waals surface area contributed by atoms with Crippen molar-refractivity contribution in [2.45, 2.75) is 54.2 Å². The summed E-state index contributed by atoms with van der Waals surface area (Å²) in [6, 6.07) is 10.6. The highest BCUT2D eigenvalue weighted by atomic mass is 79.9. The van der Waals surface area contributed by atoms with Crippen molar-refractivity contribution in [2.75, 3.05) is 12.0 Å². The molecule has 0 aromatic heterocycles. The number of alkyl halides is 3. The molecule has 3 fully saturated rings. The van der Waals surface area contributed by atoms with E-state index >= 15 is 0 Å². The van der Waals surface area contributed by atoms with Crippen molar-refractivity contribution in [1.29, 1.82) is 0 Å². The average molecular weight is 692 g/mol. The van der Waals surface area contributed by atoms with E-state index in [1.807, 2.05) is 18.2 Å². The standard InChI is InChI=1S/C31H29BrCl2N2O7/c32-15-36-28(42)30(33)14-20-18(10-11-19-23(20)27(41)35(26(19)40)13-5-1-2-8-22(38)39)25(31(30,34)29(36)43)24-17-7-4-3-6-16(17)9-12-21(24)37/h3-4,6-7,9-10,12,19-20,23,25,37H,1-2,5,8,11,13-15H2,(H,38,39)/t19-,20+,23-,25+,30+,31-/m0/s1. The summed E-state index contributed by atoms with van der Waals surface area (Å²) in [6.45, 7) is 0.167. The zero-order valence-electron chi connectivity index (χ0n) is 23.0. The third-order valence-electron chi connectivity index (χ3n) is 9.61. The smallest absolute Gasteiger partial charge is 0.303 e. The Hall–Kier alpha value is -2.95. The van der Waals surface area contributed by atoms with Gasteiger partial charge in [0.1, 0.15) is 5.75 Å². The van der Waals surface area contributed by atoms with Crippen molar-refractivity contribution in [1.82, 2.24) is 9.80 Å². The highest BCUT2D eigenvalue weighted by molar-refractivity contribution is 9.09. The van der Waals surface area contributed by atoms with Gasteiger partial charge in [0.2, 0.25) is 11.8 Å². The minimum absolute atomic E-state index is 0.0149. The van der Waals surface area contributed by atoms with E-state index < -0.39 is 51.2 Å². The predicted molar refractivity (Wildman–Crippen MR) is 162 cm³/mol. The SMILES string of the molecule is O=C(O)CCCCCN1C(=O)[C@H]2[C@H](CC=C3[C@H]2C[C@@]2(Cl)C(=O)N(CBr)C(=O)[C@@]2(Cl)[C@H]3c2c(O)ccc3ccccc23)C1=O. The zero-order valence-corrected chi connectivity index (χ0v) is 26.1. The number of carbonyl (C=O) groups excluding carboxylic acids is 4. The summed E-state index contributed by atoms with van der Waals surface area (Å²) < 4.78 is 0. The molecule has 9 nitrogen and oxygen atoms in total. The number of phenols is 1. The van der Waals surface area contributed by atoms with Gasteiger partial charge >= 0.3 is 5.97 Å². The van der Waals surface area contributed by atoms with Crippen LogP contribution in [0.25, 0.3) is 10.8 Å². The van der Waals surface area contributed by atoms with Crippen LogP contribution in [0.5, 0.6) is 5.75 Å². The Morgan fingerprint density at radius 1 is 0.953 bits per heavy atom. The lowest BCUT2D eigenvalue weighted by Crippen LogP contribution is -2.60. The maximum atomic E-state index is 14.0. The van der Waals surface area contributed by atoms with Crippen molar-refractivity contribution in [3.05, 3.63) is 53.6 Å². The molecule has 6 rings (SSSR count). The topological polar surface area (TPSA) is 132 Å². The summed E-state index contributed by atoms with van der Waals surface area (Å²) in [6.07, 6.45) is 3.41. The Morgan fingerprint density at radius 2 is 1.70 bits per heavy atom. The lowest BCUT2D eigenvalue weighted by Gasteiger charge is -2.51. The number of amides is 4. The number of imide groups is 2. The largest absolute Gasteiger partial charge is 0.508 e. The Balaban J connectivity index is 1.46. The summed E-state index contributed by atoms with van der Waals surface area (Å²) in [5.74, 6) is -6.32. The number of rotatable bonds is 8. The molecule has 2 aromatic carbocycles. The second-order valence-corrected chi connectivity index (χ2v) is 13.5. The molecule has 2 aliphatic heterocycles. The van der Waals surface area contributed by atoms with E-state index in [2.05, 4.69) is 15.9 Å². The maximum absolute atomic E-state index is 14.0. The number of carboxylic acids is 1. The molecular weight excluding hydrogens is 663 g/mol. The first-order valence-corrected chi connectivity index (χ1v) is 16.1. The zero-order chi connectivity index (χ0) is 30.8. The highest BCUT2D eigenvalue weighted by Gasteiger charge is 2.76. The number of unbranched alkanes of at least 4 members (excludes halogenated alkanes) is 2. The second-order valence-electron chi connectivity index (χ2n) is 11.7. The first-order valence-electron chi connectivity index (χ1n) is 14.2. The van der Waals surface area contributed by atoms with Gasteiger partial charge in [-0.05, 0) is 48.4 Å². The van der Waals surface area contributed by atoms with Gasteiger partial charge in [-0.1, -0.05) is 64.3 Å². The molecule has 0 spiro atoms. The van der Waals surface area contributed by atoms with Gasteiger partial charge in [-0.2, -0.15) is 0 Å². The van der Waals surface area contributed by atoms with Crippen LogP contribution in [0.15, 0.2) is 48.0 Å². The molecule has 2 N–H and O–H groups in total. The fourth-order valence-corrected chi connectivity index (χ4v) is 9.08. The Morgan fingerprint density at radius 3 is 2.42 bits per heavy atom. The van der Waals surface area contributed by atoms with E-state index in [9.17, 15) is 29.1 Å². The Bertz CT molecular complexity index is 1610. The molecule has 2 heterocycles. The number of aliphatic carboxylic acids is 1. The van der Waals surface area contributed by atoms with Crippen molar-refractivity contribution in [3.63, 3.8) is 0 Å². The molecule has 2 aromatic rings. The van der Waals surface area contributed by atoms with Gasteiger partial charge < -0.3 is 10.2 Å². The molecule has 43 heavy (non-hydrogen) atoms. The number of carboxylic acid groups (broad SMARTS) is 1. The van der Waals surface area contributed by atoms with E-state index in [0.29, 0.717) is 35.8 Å². The predicted octanol–water partition coefficient (Wildman–Crippen LogP) is 4.90. The summed E-state index contributed by atoms with van der Waals surface area (Å²) in [5, 5.41) is 21.6. The number of phenolic OH excluding ortho intramolecular Hbond substituents is 1. The number of fused-ring (bicyclic) bond motifs is 5. The number of hydrogen-bond acceptors (Lipinski definition) is 6. The third-order valence-corrected chi connectivity index (χ3v) is 11.5. The minimum atomic E-state index is -2.01. The van der Waals surface area contributed by atoms with Crippen LogP contribution in [0.3, 0.4) is 0 Å². The Kier molecular flexibility index (Phi) is 7.62. The molecule has 0 bridgehead atoms. The minimum Gasteiger partial charge on any atom is -0.508 e. The third kappa shape index (κ3) is 4.27. The van der Waals surface area contributed by atoms with E-state index in [1.165, 1.54) is 11.0 Å². The van der Waals surface area contributed by atoms with Gasteiger partial charge in [0.15, 0.2) is 9.75 Å². The van der Waals surface area contributed by atoms with Gasteiger partial charge in [0, 0.05) is 24.4 Å². The lowest BCUT2D eigenvalue weighted by molar-refractivity contribution is -0.141. The van der Waals surface area contributed by atoms with Crippen LogP contribution in [0.4, 0.5) is 0 Å². The molecule has 226 valence electrons. The monoisotopic (exact) mass is 690 g/mol. The van der Waals surface area contributed by atoms with Crippen LogP contribution >= 0.6 is 39.1 Å². The highest BCUT2D eigenvalue weighted by Crippen LogP contribution is 2.66. The van der Waals surface area contributed by atoms with Crippen LogP contribution in [-0.4, -0.2) is 71.4 Å². The van der Waals surface area contributed by atoms with Crippen molar-refractivity contribution in [3.8, 4) is 5.75 Å². The number of nitrogens with zero attached hydrogens (tertiary/aromatic N) is 2. The van der Waals surface area contributed by atoms with Crippen LogP contribution < -0.4 is 0 Å². The fourth-order valence-electron chi connectivity index (χ4n) is 7.67. The summed E-state index contributed by atoms with van der Waals surface area (Å²) in [5.41, 5.74) is 0.823. The molecule has 2 saturated heterocycles. The van der Waals surface area contributed by atoms with Crippen molar-refractivity contribution in [2.24, 2.45) is 17.8 Å². The van der Waals surface area contributed by atoms with Crippen molar-refractivity contribution >= 4 is 79.5 Å². The normalized spacial score (nSPS) is 31.7. The van der Waals surface area contributed by atoms with E-state index in [0.717, 1.165) is 10.3 Å². The summed E-state index contributed by atoms with van der Waals surface area (Å²) in [7, 11) is 0. The molecule has 0 unspecified atom stereocenters. The first kappa shape index (κ1) is 30.1. The first-order chi connectivity index (χ1) is 20.5. The number of halogens is 3. The molecule has 4 aliphatic rings. The molecule has 0 radical (unpaired) electrons. The number of likely N-dealkylation sites (tertiary alicyclic amines) is 2.